The highest BCUT2D eigenvalue weighted by atomic mass is 16.5. The number of Topliss-reactive ketones (excluding diaryl/α,β-unsaturated/α-hetero) is 1. The Morgan fingerprint density at radius 1 is 1.47 bits per heavy atom. The second-order valence-corrected chi connectivity index (χ2v) is 5.40. The monoisotopic (exact) mass is 239 g/mol. The number of hydrogen-bond donors (Lipinski definition) is 0. The number of carbonyl (C=O) groups excluding carboxylic acids is 1. The number of nitrogens with zero attached hydrogens (tertiary/aromatic N) is 1. The van der Waals surface area contributed by atoms with Crippen molar-refractivity contribution in [2.24, 2.45) is 5.92 Å². The average Bonchev–Trinajstić information content (AvgIpc) is 2.84. The van der Waals surface area contributed by atoms with Crippen LogP contribution in [0.25, 0.3) is 0 Å². The number of hydrogen-bond acceptors (Lipinski definition) is 3. The number of likely N-dealkylation sites (tertiary alicyclic amines) is 1. The van der Waals surface area contributed by atoms with Crippen LogP contribution in [0, 0.1) is 5.92 Å². The minimum Gasteiger partial charge on any atom is -0.378 e. The maximum Gasteiger partial charge on any atom is 0.138 e. The van der Waals surface area contributed by atoms with Crippen LogP contribution in [-0.4, -0.2) is 43.0 Å². The van der Waals surface area contributed by atoms with Gasteiger partial charge < -0.3 is 9.64 Å². The maximum absolute atomic E-state index is 11.6. The Balaban J connectivity index is 1.63. The van der Waals surface area contributed by atoms with Crippen molar-refractivity contribution in [1.29, 1.82) is 0 Å². The van der Waals surface area contributed by atoms with E-state index in [4.69, 9.17) is 4.74 Å². The molecule has 2 atom stereocenters. The van der Waals surface area contributed by atoms with Crippen molar-refractivity contribution in [3.63, 3.8) is 0 Å². The van der Waals surface area contributed by atoms with Crippen molar-refractivity contribution >= 4 is 5.78 Å². The highest BCUT2D eigenvalue weighted by Crippen LogP contribution is 2.19. The van der Waals surface area contributed by atoms with Crippen molar-refractivity contribution in [3.05, 3.63) is 0 Å². The molecule has 0 aromatic heterocycles. The fraction of sp³-hybridized carbons (Fsp3) is 0.929. The van der Waals surface area contributed by atoms with Gasteiger partial charge in [0.1, 0.15) is 5.78 Å². The van der Waals surface area contributed by atoms with Crippen LogP contribution in [0.5, 0.6) is 0 Å². The molecule has 3 heteroatoms. The van der Waals surface area contributed by atoms with Gasteiger partial charge in [0.2, 0.25) is 0 Å². The fourth-order valence-corrected chi connectivity index (χ4v) is 2.95. The molecule has 2 aliphatic heterocycles. The number of rotatable bonds is 5. The molecular weight excluding hydrogens is 214 g/mol. The molecule has 2 fully saturated rings. The van der Waals surface area contributed by atoms with Crippen molar-refractivity contribution in [1.82, 2.24) is 4.90 Å². The largest absolute Gasteiger partial charge is 0.378 e. The number of ketones is 1. The third kappa shape index (κ3) is 3.78. The molecule has 2 aliphatic rings. The molecule has 98 valence electrons. The first-order valence-electron chi connectivity index (χ1n) is 7.16. The predicted molar refractivity (Wildman–Crippen MR) is 68.1 cm³/mol. The van der Waals surface area contributed by atoms with Gasteiger partial charge in [0, 0.05) is 32.0 Å². The summed E-state index contributed by atoms with van der Waals surface area (Å²) in [7, 11) is 0. The molecule has 0 radical (unpaired) electrons. The average molecular weight is 239 g/mol. The normalized spacial score (nSPS) is 31.0. The van der Waals surface area contributed by atoms with E-state index in [1.807, 2.05) is 0 Å². The molecule has 2 saturated heterocycles. The zero-order valence-corrected chi connectivity index (χ0v) is 11.0. The van der Waals surface area contributed by atoms with E-state index >= 15 is 0 Å². The third-order valence-corrected chi connectivity index (χ3v) is 4.13. The van der Waals surface area contributed by atoms with Gasteiger partial charge in [0.05, 0.1) is 6.10 Å². The molecule has 0 N–H and O–H groups in total. The lowest BCUT2D eigenvalue weighted by Gasteiger charge is -2.31. The number of ether oxygens (including phenoxy) is 1. The van der Waals surface area contributed by atoms with Crippen LogP contribution in [0.15, 0.2) is 0 Å². The standard InChI is InChI=1S/C14H25NO2/c1-2-12-11-15(9-7-14(12)16)8-3-5-13-6-4-10-17-13/h12-13H,2-11H2,1H3. The quantitative estimate of drug-likeness (QED) is 0.737. The second-order valence-electron chi connectivity index (χ2n) is 5.40. The van der Waals surface area contributed by atoms with Crippen LogP contribution in [0.4, 0.5) is 0 Å². The van der Waals surface area contributed by atoms with Crippen LogP contribution >= 0.6 is 0 Å². The Morgan fingerprint density at radius 2 is 2.35 bits per heavy atom. The summed E-state index contributed by atoms with van der Waals surface area (Å²) in [5.74, 6) is 0.773. The van der Waals surface area contributed by atoms with Crippen molar-refractivity contribution in [2.45, 2.75) is 51.6 Å². The van der Waals surface area contributed by atoms with Crippen LogP contribution < -0.4 is 0 Å². The first kappa shape index (κ1) is 13.0. The maximum atomic E-state index is 11.6. The highest BCUT2D eigenvalue weighted by Gasteiger charge is 2.25. The van der Waals surface area contributed by atoms with Crippen LogP contribution in [-0.2, 0) is 9.53 Å². The SMILES string of the molecule is CCC1CN(CCCC2CCCO2)CCC1=O. The summed E-state index contributed by atoms with van der Waals surface area (Å²) in [6.45, 7) is 6.19. The van der Waals surface area contributed by atoms with E-state index in [2.05, 4.69) is 11.8 Å². The number of carbonyl (C=O) groups is 1. The predicted octanol–water partition coefficient (Wildman–Crippen LogP) is 2.25. The molecule has 0 bridgehead atoms. The Bertz CT molecular complexity index is 249. The lowest BCUT2D eigenvalue weighted by Crippen LogP contribution is -2.41. The zero-order valence-electron chi connectivity index (χ0n) is 11.0. The van der Waals surface area contributed by atoms with Crippen molar-refractivity contribution < 1.29 is 9.53 Å². The van der Waals surface area contributed by atoms with E-state index in [9.17, 15) is 4.79 Å². The van der Waals surface area contributed by atoms with Crippen LogP contribution in [0.1, 0.15) is 45.4 Å². The van der Waals surface area contributed by atoms with Gasteiger partial charge in [-0.3, -0.25) is 4.79 Å². The molecule has 0 aliphatic carbocycles. The van der Waals surface area contributed by atoms with Gasteiger partial charge in [0.25, 0.3) is 0 Å². The van der Waals surface area contributed by atoms with Gasteiger partial charge >= 0.3 is 0 Å². The molecule has 2 heterocycles. The lowest BCUT2D eigenvalue weighted by molar-refractivity contribution is -0.126. The molecule has 0 spiro atoms. The van der Waals surface area contributed by atoms with Crippen molar-refractivity contribution in [3.8, 4) is 0 Å². The summed E-state index contributed by atoms with van der Waals surface area (Å²) in [4.78, 5) is 14.1. The topological polar surface area (TPSA) is 29.5 Å². The molecule has 0 saturated carbocycles. The van der Waals surface area contributed by atoms with E-state index < -0.39 is 0 Å². The first-order chi connectivity index (χ1) is 8.29. The Kier molecular flexibility index (Phi) is 4.99. The summed E-state index contributed by atoms with van der Waals surface area (Å²) in [6.07, 6.45) is 7.18. The van der Waals surface area contributed by atoms with Gasteiger partial charge in [0.15, 0.2) is 0 Å². The van der Waals surface area contributed by atoms with Gasteiger partial charge in [-0.15, -0.1) is 0 Å². The summed E-state index contributed by atoms with van der Waals surface area (Å²) in [6, 6.07) is 0. The molecule has 0 aromatic rings. The summed E-state index contributed by atoms with van der Waals surface area (Å²) < 4.78 is 5.63. The Hall–Kier alpha value is -0.410. The van der Waals surface area contributed by atoms with Gasteiger partial charge in [-0.2, -0.15) is 0 Å². The smallest absolute Gasteiger partial charge is 0.138 e. The van der Waals surface area contributed by atoms with E-state index in [1.165, 1.54) is 25.7 Å². The molecule has 0 aromatic carbocycles. The van der Waals surface area contributed by atoms with E-state index in [0.717, 1.165) is 39.1 Å². The van der Waals surface area contributed by atoms with Gasteiger partial charge in [-0.05, 0) is 38.6 Å². The van der Waals surface area contributed by atoms with E-state index in [-0.39, 0.29) is 0 Å². The van der Waals surface area contributed by atoms with E-state index in [1.54, 1.807) is 0 Å². The zero-order chi connectivity index (χ0) is 12.1. The third-order valence-electron chi connectivity index (χ3n) is 4.13. The summed E-state index contributed by atoms with van der Waals surface area (Å²) in [5.41, 5.74) is 0. The van der Waals surface area contributed by atoms with Gasteiger partial charge in [-0.1, -0.05) is 6.92 Å². The minimum absolute atomic E-state index is 0.298. The molecule has 3 nitrogen and oxygen atoms in total. The highest BCUT2D eigenvalue weighted by molar-refractivity contribution is 5.82. The summed E-state index contributed by atoms with van der Waals surface area (Å²) >= 11 is 0. The first-order valence-corrected chi connectivity index (χ1v) is 7.16. The molecule has 0 amide bonds. The molecule has 17 heavy (non-hydrogen) atoms. The second kappa shape index (κ2) is 6.50. The van der Waals surface area contributed by atoms with E-state index in [0.29, 0.717) is 17.8 Å². The molecule has 2 unspecified atom stereocenters. The summed E-state index contributed by atoms with van der Waals surface area (Å²) in [5, 5.41) is 0. The van der Waals surface area contributed by atoms with Crippen LogP contribution in [0.3, 0.4) is 0 Å². The molecular formula is C14H25NO2. The van der Waals surface area contributed by atoms with Crippen molar-refractivity contribution in [2.75, 3.05) is 26.2 Å². The number of piperidine rings is 1. The minimum atomic E-state index is 0.298. The fourth-order valence-electron chi connectivity index (χ4n) is 2.95. The Labute approximate surface area is 105 Å². The Morgan fingerprint density at radius 3 is 3.06 bits per heavy atom. The molecule has 2 rings (SSSR count). The van der Waals surface area contributed by atoms with Gasteiger partial charge in [-0.25, -0.2) is 0 Å². The van der Waals surface area contributed by atoms with Crippen LogP contribution in [0.2, 0.25) is 0 Å². The lowest BCUT2D eigenvalue weighted by atomic mass is 9.94.